The number of benzene rings is 1. The Bertz CT molecular complexity index is 543. The zero-order valence-corrected chi connectivity index (χ0v) is 9.70. The summed E-state index contributed by atoms with van der Waals surface area (Å²) in [6, 6.07) is 7.26. The highest BCUT2D eigenvalue weighted by Gasteiger charge is 2.24. The number of phenolic OH excluding ortho intramolecular Hbond substituents is 1. The van der Waals surface area contributed by atoms with Crippen molar-refractivity contribution in [3.63, 3.8) is 0 Å². The molecule has 0 spiro atoms. The maximum atomic E-state index is 9.80. The minimum atomic E-state index is 0.263. The van der Waals surface area contributed by atoms with E-state index in [0.29, 0.717) is 5.92 Å². The number of hydrogen-bond donors (Lipinski definition) is 3. The number of phenols is 1. The van der Waals surface area contributed by atoms with Crippen LogP contribution in [0.1, 0.15) is 17.3 Å². The summed E-state index contributed by atoms with van der Waals surface area (Å²) in [4.78, 5) is 7.86. The normalized spacial score (nSPS) is 15.8. The van der Waals surface area contributed by atoms with Gasteiger partial charge in [-0.1, -0.05) is 12.1 Å². The van der Waals surface area contributed by atoms with Crippen molar-refractivity contribution in [2.45, 2.75) is 12.8 Å². The molecule has 4 heteroatoms. The van der Waals surface area contributed by atoms with Gasteiger partial charge in [0.25, 0.3) is 0 Å². The fourth-order valence-electron chi connectivity index (χ4n) is 2.15. The van der Waals surface area contributed by atoms with E-state index in [4.69, 9.17) is 0 Å². The first-order valence-electron chi connectivity index (χ1n) is 5.81. The van der Waals surface area contributed by atoms with Crippen LogP contribution in [0.4, 0.5) is 0 Å². The molecule has 3 N–H and O–H groups in total. The van der Waals surface area contributed by atoms with Gasteiger partial charge in [-0.05, 0) is 19.1 Å². The molecule has 1 aromatic heterocycles. The predicted octanol–water partition coefficient (Wildman–Crippen LogP) is 1.78. The summed E-state index contributed by atoms with van der Waals surface area (Å²) in [6.45, 7) is 4.02. The van der Waals surface area contributed by atoms with Crippen molar-refractivity contribution in [1.29, 1.82) is 0 Å². The smallest absolute Gasteiger partial charge is 0.141 e. The van der Waals surface area contributed by atoms with Crippen molar-refractivity contribution in [3.8, 4) is 17.1 Å². The van der Waals surface area contributed by atoms with Crippen LogP contribution < -0.4 is 5.32 Å². The number of H-pyrrole nitrogens is 1. The number of nitrogens with one attached hydrogen (secondary N) is 2. The lowest BCUT2D eigenvalue weighted by Gasteiger charge is -2.25. The second-order valence-electron chi connectivity index (χ2n) is 4.47. The van der Waals surface area contributed by atoms with Crippen LogP contribution in [0.3, 0.4) is 0 Å². The van der Waals surface area contributed by atoms with Crippen molar-refractivity contribution in [3.05, 3.63) is 35.7 Å². The van der Waals surface area contributed by atoms with E-state index in [1.807, 2.05) is 25.1 Å². The van der Waals surface area contributed by atoms with E-state index in [2.05, 4.69) is 15.3 Å². The van der Waals surface area contributed by atoms with Crippen LogP contribution >= 0.6 is 0 Å². The molecule has 3 rings (SSSR count). The molecule has 1 fully saturated rings. The summed E-state index contributed by atoms with van der Waals surface area (Å²) < 4.78 is 0. The number of hydrogen-bond acceptors (Lipinski definition) is 3. The van der Waals surface area contributed by atoms with Gasteiger partial charge in [0.15, 0.2) is 0 Å². The van der Waals surface area contributed by atoms with Crippen LogP contribution in [-0.4, -0.2) is 28.2 Å². The Morgan fingerprint density at radius 2 is 2.06 bits per heavy atom. The summed E-state index contributed by atoms with van der Waals surface area (Å²) in [5.74, 6) is 1.52. The molecule has 17 heavy (non-hydrogen) atoms. The third kappa shape index (κ3) is 1.70. The van der Waals surface area contributed by atoms with Crippen molar-refractivity contribution in [1.82, 2.24) is 15.3 Å². The van der Waals surface area contributed by atoms with Gasteiger partial charge in [0.2, 0.25) is 0 Å². The first kappa shape index (κ1) is 10.4. The molecule has 0 amide bonds. The fraction of sp³-hybridized carbons (Fsp3) is 0.308. The summed E-state index contributed by atoms with van der Waals surface area (Å²) in [5.41, 5.74) is 2.96. The summed E-state index contributed by atoms with van der Waals surface area (Å²) >= 11 is 0. The van der Waals surface area contributed by atoms with Gasteiger partial charge in [0.1, 0.15) is 11.6 Å². The van der Waals surface area contributed by atoms with E-state index < -0.39 is 0 Å². The molecule has 4 nitrogen and oxygen atoms in total. The lowest BCUT2D eigenvalue weighted by atomic mass is 9.98. The third-order valence-electron chi connectivity index (χ3n) is 3.25. The predicted molar refractivity (Wildman–Crippen MR) is 66.0 cm³/mol. The number of imidazole rings is 1. The van der Waals surface area contributed by atoms with Crippen molar-refractivity contribution >= 4 is 0 Å². The molecule has 2 heterocycles. The standard InChI is InChI=1S/C13H15N3O/c1-8-12(9-6-14-7-9)16-13(15-8)10-4-2-3-5-11(10)17/h2-5,9,14,17H,6-7H2,1H3,(H,15,16). The van der Waals surface area contributed by atoms with Gasteiger partial charge in [0, 0.05) is 24.7 Å². The monoisotopic (exact) mass is 229 g/mol. The Hall–Kier alpha value is -1.81. The maximum Gasteiger partial charge on any atom is 0.141 e. The van der Waals surface area contributed by atoms with Crippen LogP contribution in [0.5, 0.6) is 5.75 Å². The Labute approximate surface area is 99.7 Å². The number of nitrogens with zero attached hydrogens (tertiary/aromatic N) is 1. The second-order valence-corrected chi connectivity index (χ2v) is 4.47. The lowest BCUT2D eigenvalue weighted by molar-refractivity contribution is 0.439. The van der Waals surface area contributed by atoms with E-state index in [9.17, 15) is 5.11 Å². The lowest BCUT2D eigenvalue weighted by Crippen LogP contribution is -2.40. The van der Waals surface area contributed by atoms with Crippen molar-refractivity contribution < 1.29 is 5.11 Å². The zero-order chi connectivity index (χ0) is 11.8. The van der Waals surface area contributed by atoms with Crippen molar-refractivity contribution in [2.75, 3.05) is 13.1 Å². The Kier molecular flexibility index (Phi) is 2.37. The number of aromatic hydroxyl groups is 1. The molecule has 0 unspecified atom stereocenters. The molecule has 0 radical (unpaired) electrons. The molecule has 1 aliphatic rings. The molecular formula is C13H15N3O. The molecule has 1 aliphatic heterocycles. The number of aromatic amines is 1. The number of aromatic nitrogens is 2. The zero-order valence-electron chi connectivity index (χ0n) is 9.70. The number of aryl methyl sites for hydroxylation is 1. The van der Waals surface area contributed by atoms with E-state index in [-0.39, 0.29) is 5.75 Å². The van der Waals surface area contributed by atoms with Gasteiger partial charge in [-0.2, -0.15) is 0 Å². The molecule has 2 aromatic rings. The van der Waals surface area contributed by atoms with Gasteiger partial charge in [-0.15, -0.1) is 0 Å². The summed E-state index contributed by atoms with van der Waals surface area (Å²) in [7, 11) is 0. The minimum absolute atomic E-state index is 0.263. The van der Waals surface area contributed by atoms with Gasteiger partial charge in [-0.25, -0.2) is 4.98 Å². The largest absolute Gasteiger partial charge is 0.507 e. The molecule has 0 saturated carbocycles. The average molecular weight is 229 g/mol. The van der Waals surface area contributed by atoms with E-state index in [1.165, 1.54) is 0 Å². The van der Waals surface area contributed by atoms with Gasteiger partial charge < -0.3 is 15.4 Å². The molecule has 1 aromatic carbocycles. The molecule has 0 bridgehead atoms. The summed E-state index contributed by atoms with van der Waals surface area (Å²) in [6.07, 6.45) is 0. The van der Waals surface area contributed by atoms with E-state index in [0.717, 1.165) is 35.9 Å². The average Bonchev–Trinajstić information content (AvgIpc) is 2.59. The highest BCUT2D eigenvalue weighted by molar-refractivity contribution is 5.64. The van der Waals surface area contributed by atoms with E-state index in [1.54, 1.807) is 6.07 Å². The number of rotatable bonds is 2. The molecule has 88 valence electrons. The summed E-state index contributed by atoms with van der Waals surface area (Å²) in [5, 5.41) is 13.0. The first-order valence-corrected chi connectivity index (χ1v) is 5.81. The Morgan fingerprint density at radius 3 is 2.71 bits per heavy atom. The van der Waals surface area contributed by atoms with Gasteiger partial charge in [0.05, 0.1) is 11.3 Å². The highest BCUT2D eigenvalue weighted by Crippen LogP contribution is 2.29. The Balaban J connectivity index is 2.01. The molecule has 0 aliphatic carbocycles. The van der Waals surface area contributed by atoms with Crippen LogP contribution in [0.25, 0.3) is 11.4 Å². The SMILES string of the molecule is Cc1[nH]c(-c2ccccc2O)nc1C1CNC1. The topological polar surface area (TPSA) is 60.9 Å². The van der Waals surface area contributed by atoms with Gasteiger partial charge in [-0.3, -0.25) is 0 Å². The highest BCUT2D eigenvalue weighted by atomic mass is 16.3. The van der Waals surface area contributed by atoms with Crippen LogP contribution in [0, 0.1) is 6.92 Å². The first-order chi connectivity index (χ1) is 8.25. The molecular weight excluding hydrogens is 214 g/mol. The molecule has 0 atom stereocenters. The second kappa shape index (κ2) is 3.89. The Morgan fingerprint density at radius 1 is 1.29 bits per heavy atom. The van der Waals surface area contributed by atoms with Crippen LogP contribution in [0.2, 0.25) is 0 Å². The minimum Gasteiger partial charge on any atom is -0.507 e. The van der Waals surface area contributed by atoms with Crippen molar-refractivity contribution in [2.24, 2.45) is 0 Å². The van der Waals surface area contributed by atoms with Crippen LogP contribution in [-0.2, 0) is 0 Å². The quantitative estimate of drug-likeness (QED) is 0.735. The van der Waals surface area contributed by atoms with E-state index >= 15 is 0 Å². The van der Waals surface area contributed by atoms with Crippen LogP contribution in [0.15, 0.2) is 24.3 Å². The third-order valence-corrected chi connectivity index (χ3v) is 3.25. The number of para-hydroxylation sites is 1. The molecule has 1 saturated heterocycles. The maximum absolute atomic E-state index is 9.80. The fourth-order valence-corrected chi connectivity index (χ4v) is 2.15. The van der Waals surface area contributed by atoms with Gasteiger partial charge >= 0.3 is 0 Å².